The molecule has 0 bridgehead atoms. The van der Waals surface area contributed by atoms with Crippen LogP contribution in [-0.2, 0) is 9.59 Å². The van der Waals surface area contributed by atoms with Crippen molar-refractivity contribution in [2.75, 3.05) is 23.3 Å². The number of hydrogen-bond donors (Lipinski definition) is 1. The van der Waals surface area contributed by atoms with Crippen LogP contribution in [0.5, 0.6) is 5.75 Å². The Kier molecular flexibility index (Phi) is 4.54. The number of ether oxygens (including phenoxy) is 1. The fourth-order valence-corrected chi connectivity index (χ4v) is 3.54. The van der Waals surface area contributed by atoms with Crippen molar-refractivity contribution in [3.8, 4) is 5.75 Å². The number of amides is 4. The second-order valence-corrected chi connectivity index (χ2v) is 6.82. The van der Waals surface area contributed by atoms with E-state index in [2.05, 4.69) is 5.32 Å². The van der Waals surface area contributed by atoms with E-state index in [0.717, 1.165) is 4.90 Å². The first-order chi connectivity index (χ1) is 13.9. The predicted octanol–water partition coefficient (Wildman–Crippen LogP) is 2.06. The molecule has 8 heteroatoms. The van der Waals surface area contributed by atoms with Crippen LogP contribution in [0, 0.1) is 0 Å². The highest BCUT2D eigenvalue weighted by Crippen LogP contribution is 2.36. The first kappa shape index (κ1) is 18.7. The van der Waals surface area contributed by atoms with Crippen LogP contribution in [0.15, 0.2) is 42.5 Å². The summed E-state index contributed by atoms with van der Waals surface area (Å²) < 4.78 is 5.61. The molecule has 0 saturated carbocycles. The minimum Gasteiger partial charge on any atom is -0.479 e. The average Bonchev–Trinajstić information content (AvgIpc) is 2.94. The molecule has 2 heterocycles. The Hall–Kier alpha value is -3.68. The normalized spacial score (nSPS) is 17.7. The van der Waals surface area contributed by atoms with Gasteiger partial charge in [0.05, 0.1) is 16.8 Å². The van der Waals surface area contributed by atoms with Crippen LogP contribution in [-0.4, -0.2) is 47.7 Å². The zero-order valence-corrected chi connectivity index (χ0v) is 16.0. The number of imide groups is 1. The minimum atomic E-state index is -0.572. The molecule has 1 N–H and O–H groups in total. The van der Waals surface area contributed by atoms with E-state index in [-0.39, 0.29) is 5.91 Å². The number of rotatable bonds is 4. The Labute approximate surface area is 167 Å². The molecule has 0 aromatic heterocycles. The molecule has 4 amide bonds. The molecule has 8 nitrogen and oxygen atoms in total. The van der Waals surface area contributed by atoms with Gasteiger partial charge in [-0.25, -0.2) is 0 Å². The van der Waals surface area contributed by atoms with Crippen LogP contribution in [0.4, 0.5) is 11.4 Å². The summed E-state index contributed by atoms with van der Waals surface area (Å²) >= 11 is 0. The summed E-state index contributed by atoms with van der Waals surface area (Å²) in [4.78, 5) is 52.1. The van der Waals surface area contributed by atoms with Crippen LogP contribution in [0.25, 0.3) is 0 Å². The summed E-state index contributed by atoms with van der Waals surface area (Å²) in [5.41, 5.74) is 1.59. The van der Waals surface area contributed by atoms with Gasteiger partial charge in [-0.3, -0.25) is 24.1 Å². The van der Waals surface area contributed by atoms with Crippen LogP contribution in [0.3, 0.4) is 0 Å². The second-order valence-electron chi connectivity index (χ2n) is 6.82. The summed E-state index contributed by atoms with van der Waals surface area (Å²) in [6.45, 7) is 3.61. The molecule has 0 fully saturated rings. The minimum absolute atomic E-state index is 0.158. The van der Waals surface area contributed by atoms with E-state index < -0.39 is 30.4 Å². The monoisotopic (exact) mass is 393 g/mol. The first-order valence-corrected chi connectivity index (χ1v) is 9.28. The first-order valence-electron chi connectivity index (χ1n) is 9.28. The van der Waals surface area contributed by atoms with E-state index in [1.54, 1.807) is 54.3 Å². The molecule has 4 rings (SSSR count). The molecule has 2 aromatic rings. The molecule has 29 heavy (non-hydrogen) atoms. The zero-order chi connectivity index (χ0) is 20.7. The smallest absolute Gasteiger partial charge is 0.267 e. The fourth-order valence-electron chi connectivity index (χ4n) is 3.54. The van der Waals surface area contributed by atoms with Gasteiger partial charge in [-0.15, -0.1) is 0 Å². The van der Waals surface area contributed by atoms with Crippen molar-refractivity contribution in [3.63, 3.8) is 0 Å². The van der Waals surface area contributed by atoms with E-state index in [1.807, 2.05) is 6.92 Å². The van der Waals surface area contributed by atoms with Crippen LogP contribution < -0.4 is 15.0 Å². The molecule has 0 spiro atoms. The number of likely N-dealkylation sites (N-methyl/N-ethyl adjacent to an activating group) is 1. The number of nitrogens with zero attached hydrogens (tertiary/aromatic N) is 2. The van der Waals surface area contributed by atoms with Gasteiger partial charge in [0.2, 0.25) is 5.91 Å². The summed E-state index contributed by atoms with van der Waals surface area (Å²) in [7, 11) is 0. The third kappa shape index (κ3) is 3.12. The van der Waals surface area contributed by atoms with Gasteiger partial charge in [-0.05, 0) is 44.2 Å². The quantitative estimate of drug-likeness (QED) is 0.802. The number of fused-ring (bicyclic) bond motifs is 2. The van der Waals surface area contributed by atoms with Crippen molar-refractivity contribution in [2.24, 2.45) is 0 Å². The molecule has 2 aliphatic rings. The molecule has 2 aromatic carbocycles. The van der Waals surface area contributed by atoms with Crippen molar-refractivity contribution in [3.05, 3.63) is 53.6 Å². The summed E-state index contributed by atoms with van der Waals surface area (Å²) in [5.74, 6) is -1.10. The standard InChI is InChI=1S/C21H19N3O5/c1-3-23-16-10-13(8-9-17(16)29-12(2)19(23)26)22-18(25)11-24-20(27)14-6-4-5-7-15(14)21(24)28/h4-10,12H,3,11H2,1-2H3,(H,22,25). The number of benzene rings is 2. The number of carbonyl (C=O) groups is 4. The van der Waals surface area contributed by atoms with E-state index in [0.29, 0.717) is 34.8 Å². The van der Waals surface area contributed by atoms with Gasteiger partial charge in [0, 0.05) is 12.2 Å². The maximum Gasteiger partial charge on any atom is 0.267 e. The lowest BCUT2D eigenvalue weighted by molar-refractivity contribution is -0.125. The fraction of sp³-hybridized carbons (Fsp3) is 0.238. The highest BCUT2D eigenvalue weighted by molar-refractivity contribution is 6.22. The van der Waals surface area contributed by atoms with E-state index in [9.17, 15) is 19.2 Å². The molecule has 2 aliphatic heterocycles. The summed E-state index contributed by atoms with van der Waals surface area (Å²) in [6, 6.07) is 11.4. The van der Waals surface area contributed by atoms with Crippen molar-refractivity contribution >= 4 is 35.0 Å². The lowest BCUT2D eigenvalue weighted by atomic mass is 10.1. The lowest BCUT2D eigenvalue weighted by Crippen LogP contribution is -2.44. The Morgan fingerprint density at radius 3 is 2.31 bits per heavy atom. The second kappa shape index (κ2) is 7.05. The van der Waals surface area contributed by atoms with Gasteiger partial charge in [-0.2, -0.15) is 0 Å². The van der Waals surface area contributed by atoms with Gasteiger partial charge in [0.15, 0.2) is 6.10 Å². The Balaban J connectivity index is 1.50. The number of carbonyl (C=O) groups excluding carboxylic acids is 4. The largest absolute Gasteiger partial charge is 0.479 e. The third-order valence-corrected chi connectivity index (χ3v) is 4.95. The topological polar surface area (TPSA) is 96.0 Å². The van der Waals surface area contributed by atoms with Crippen molar-refractivity contribution < 1.29 is 23.9 Å². The van der Waals surface area contributed by atoms with Gasteiger partial charge in [0.25, 0.3) is 17.7 Å². The van der Waals surface area contributed by atoms with E-state index >= 15 is 0 Å². The van der Waals surface area contributed by atoms with E-state index in [1.165, 1.54) is 0 Å². The van der Waals surface area contributed by atoms with Crippen molar-refractivity contribution in [1.29, 1.82) is 0 Å². The van der Waals surface area contributed by atoms with Crippen LogP contribution in [0.2, 0.25) is 0 Å². The summed E-state index contributed by atoms with van der Waals surface area (Å²) in [6.07, 6.45) is -0.572. The van der Waals surface area contributed by atoms with Gasteiger partial charge in [-0.1, -0.05) is 12.1 Å². The molecule has 1 unspecified atom stereocenters. The maximum absolute atomic E-state index is 12.5. The van der Waals surface area contributed by atoms with Gasteiger partial charge in [0.1, 0.15) is 12.3 Å². The molecule has 0 aliphatic carbocycles. The molecular formula is C21H19N3O5. The Morgan fingerprint density at radius 1 is 1.03 bits per heavy atom. The Morgan fingerprint density at radius 2 is 1.69 bits per heavy atom. The van der Waals surface area contributed by atoms with Gasteiger partial charge >= 0.3 is 0 Å². The highest BCUT2D eigenvalue weighted by atomic mass is 16.5. The molecule has 148 valence electrons. The molecule has 0 radical (unpaired) electrons. The number of anilines is 2. The van der Waals surface area contributed by atoms with Crippen molar-refractivity contribution in [2.45, 2.75) is 20.0 Å². The Bertz CT molecular complexity index is 1010. The maximum atomic E-state index is 12.5. The molecule has 1 atom stereocenters. The van der Waals surface area contributed by atoms with Crippen LogP contribution in [0.1, 0.15) is 34.6 Å². The summed E-state index contributed by atoms with van der Waals surface area (Å²) in [5, 5.41) is 2.68. The lowest BCUT2D eigenvalue weighted by Gasteiger charge is -2.32. The number of hydrogen-bond acceptors (Lipinski definition) is 5. The molecular weight excluding hydrogens is 374 g/mol. The predicted molar refractivity (Wildman–Crippen MR) is 105 cm³/mol. The number of nitrogens with one attached hydrogen (secondary N) is 1. The van der Waals surface area contributed by atoms with Crippen LogP contribution >= 0.6 is 0 Å². The SMILES string of the molecule is CCN1C(=O)C(C)Oc2ccc(NC(=O)CN3C(=O)c4ccccc4C3=O)cc21. The average molecular weight is 393 g/mol. The highest BCUT2D eigenvalue weighted by Gasteiger charge is 2.36. The van der Waals surface area contributed by atoms with Crippen molar-refractivity contribution in [1.82, 2.24) is 4.90 Å². The zero-order valence-electron chi connectivity index (χ0n) is 16.0. The van der Waals surface area contributed by atoms with Gasteiger partial charge < -0.3 is 15.0 Å². The third-order valence-electron chi connectivity index (χ3n) is 4.95. The molecule has 0 saturated heterocycles. The van der Waals surface area contributed by atoms with E-state index in [4.69, 9.17) is 4.74 Å².